The first kappa shape index (κ1) is 15.5. The summed E-state index contributed by atoms with van der Waals surface area (Å²) in [7, 11) is 0. The smallest absolute Gasteiger partial charge is 0.328 e. The molecule has 0 aliphatic heterocycles. The number of hydrogen-bond acceptors (Lipinski definition) is 3. The van der Waals surface area contributed by atoms with Gasteiger partial charge in [-0.1, -0.05) is 26.0 Å². The number of carboxylic acid groups (broad SMARTS) is 1. The van der Waals surface area contributed by atoms with Crippen molar-refractivity contribution in [2.45, 2.75) is 33.2 Å². The molecule has 0 radical (unpaired) electrons. The Bertz CT molecular complexity index is 414. The van der Waals surface area contributed by atoms with Crippen LogP contribution in [0.15, 0.2) is 24.3 Å². The van der Waals surface area contributed by atoms with Crippen LogP contribution in [0.1, 0.15) is 33.3 Å². The number of nitrogens with one attached hydrogen (secondary N) is 1. The molecule has 1 rings (SSSR count). The van der Waals surface area contributed by atoms with E-state index in [1.807, 2.05) is 20.8 Å². The molecule has 1 aromatic rings. The predicted molar refractivity (Wildman–Crippen MR) is 75.4 cm³/mol. The zero-order valence-corrected chi connectivity index (χ0v) is 12.1. The average molecular weight is 265 g/mol. The molecule has 0 amide bonds. The molecule has 1 atom stereocenters. The van der Waals surface area contributed by atoms with Crippen LogP contribution in [0.4, 0.5) is 0 Å². The van der Waals surface area contributed by atoms with Crippen molar-refractivity contribution in [1.82, 2.24) is 5.32 Å². The highest BCUT2D eigenvalue weighted by molar-refractivity contribution is 5.80. The number of ether oxygens (including phenoxy) is 1. The third-order valence-electron chi connectivity index (χ3n) is 3.03. The largest absolute Gasteiger partial charge is 0.494 e. The molecule has 0 fully saturated rings. The van der Waals surface area contributed by atoms with E-state index in [1.54, 1.807) is 31.2 Å². The van der Waals surface area contributed by atoms with Crippen LogP contribution in [-0.2, 0) is 10.3 Å². The van der Waals surface area contributed by atoms with Crippen molar-refractivity contribution in [1.29, 1.82) is 0 Å². The van der Waals surface area contributed by atoms with Gasteiger partial charge in [0.15, 0.2) is 0 Å². The maximum atomic E-state index is 11.6. The van der Waals surface area contributed by atoms with Gasteiger partial charge in [-0.2, -0.15) is 0 Å². The summed E-state index contributed by atoms with van der Waals surface area (Å²) in [5, 5.41) is 12.6. The van der Waals surface area contributed by atoms with Crippen molar-refractivity contribution in [2.24, 2.45) is 5.92 Å². The number of hydrogen-bond donors (Lipinski definition) is 2. The Hall–Kier alpha value is -1.55. The summed E-state index contributed by atoms with van der Waals surface area (Å²) in [6, 6.07) is 7.20. The van der Waals surface area contributed by atoms with Crippen molar-refractivity contribution in [3.63, 3.8) is 0 Å². The fourth-order valence-corrected chi connectivity index (χ4v) is 1.76. The van der Waals surface area contributed by atoms with Gasteiger partial charge in [-0.3, -0.25) is 5.32 Å². The summed E-state index contributed by atoms with van der Waals surface area (Å²) in [6.45, 7) is 8.95. The van der Waals surface area contributed by atoms with Crippen LogP contribution in [0.3, 0.4) is 0 Å². The van der Waals surface area contributed by atoms with E-state index in [-0.39, 0.29) is 0 Å². The predicted octanol–water partition coefficient (Wildman–Crippen LogP) is 2.63. The molecule has 0 aliphatic rings. The molecule has 0 heterocycles. The van der Waals surface area contributed by atoms with E-state index >= 15 is 0 Å². The van der Waals surface area contributed by atoms with Crippen LogP contribution in [0, 0.1) is 5.92 Å². The summed E-state index contributed by atoms with van der Waals surface area (Å²) in [5.41, 5.74) is -0.348. The van der Waals surface area contributed by atoms with E-state index in [4.69, 9.17) is 4.74 Å². The standard InChI is InChI=1S/C15H23NO3/c1-5-19-13-8-6-12(7-9-13)15(4,14(17)18)16-10-11(2)3/h6-9,11,16H,5,10H2,1-4H3,(H,17,18). The molecular formula is C15H23NO3. The highest BCUT2D eigenvalue weighted by Crippen LogP contribution is 2.24. The molecule has 0 bridgehead atoms. The molecule has 0 aliphatic carbocycles. The number of carbonyl (C=O) groups is 1. The number of rotatable bonds is 7. The van der Waals surface area contributed by atoms with Gasteiger partial charge < -0.3 is 9.84 Å². The monoisotopic (exact) mass is 265 g/mol. The van der Waals surface area contributed by atoms with Crippen LogP contribution in [0.5, 0.6) is 5.75 Å². The Morgan fingerprint density at radius 2 is 1.95 bits per heavy atom. The normalized spacial score (nSPS) is 14.2. The highest BCUT2D eigenvalue weighted by atomic mass is 16.5. The minimum atomic E-state index is -1.07. The molecule has 2 N–H and O–H groups in total. The molecule has 1 aromatic carbocycles. The van der Waals surface area contributed by atoms with Crippen molar-refractivity contribution in [3.05, 3.63) is 29.8 Å². The van der Waals surface area contributed by atoms with Crippen molar-refractivity contribution >= 4 is 5.97 Å². The average Bonchev–Trinajstić information content (AvgIpc) is 2.37. The first-order chi connectivity index (χ1) is 8.90. The van der Waals surface area contributed by atoms with E-state index in [2.05, 4.69) is 5.32 Å². The second-order valence-electron chi connectivity index (χ2n) is 5.16. The Morgan fingerprint density at radius 1 is 1.37 bits per heavy atom. The summed E-state index contributed by atoms with van der Waals surface area (Å²) in [6.07, 6.45) is 0. The fourth-order valence-electron chi connectivity index (χ4n) is 1.76. The number of carboxylic acids is 1. The quantitative estimate of drug-likeness (QED) is 0.795. The minimum Gasteiger partial charge on any atom is -0.494 e. The van der Waals surface area contributed by atoms with E-state index in [1.165, 1.54) is 0 Å². The molecular weight excluding hydrogens is 242 g/mol. The van der Waals surface area contributed by atoms with E-state index < -0.39 is 11.5 Å². The van der Waals surface area contributed by atoms with Crippen molar-refractivity contribution in [3.8, 4) is 5.75 Å². The van der Waals surface area contributed by atoms with Crippen LogP contribution >= 0.6 is 0 Å². The molecule has 0 saturated carbocycles. The fraction of sp³-hybridized carbons (Fsp3) is 0.533. The summed E-state index contributed by atoms with van der Waals surface area (Å²) < 4.78 is 5.36. The molecule has 106 valence electrons. The molecule has 4 heteroatoms. The van der Waals surface area contributed by atoms with E-state index in [9.17, 15) is 9.90 Å². The molecule has 1 unspecified atom stereocenters. The van der Waals surface area contributed by atoms with Gasteiger partial charge in [0, 0.05) is 0 Å². The first-order valence-electron chi connectivity index (χ1n) is 6.62. The maximum Gasteiger partial charge on any atom is 0.328 e. The van der Waals surface area contributed by atoms with Gasteiger partial charge in [0.25, 0.3) is 0 Å². The lowest BCUT2D eigenvalue weighted by Gasteiger charge is -2.28. The topological polar surface area (TPSA) is 58.6 Å². The third kappa shape index (κ3) is 3.96. The van der Waals surface area contributed by atoms with E-state index in [0.29, 0.717) is 19.1 Å². The highest BCUT2D eigenvalue weighted by Gasteiger charge is 2.34. The second kappa shape index (κ2) is 6.57. The van der Waals surface area contributed by atoms with Gasteiger partial charge in [-0.25, -0.2) is 4.79 Å². The molecule has 0 aromatic heterocycles. The van der Waals surface area contributed by atoms with Crippen molar-refractivity contribution in [2.75, 3.05) is 13.2 Å². The Kier molecular flexibility index (Phi) is 5.36. The Labute approximate surface area is 114 Å². The Balaban J connectivity index is 2.94. The van der Waals surface area contributed by atoms with Gasteiger partial charge in [-0.15, -0.1) is 0 Å². The summed E-state index contributed by atoms with van der Waals surface area (Å²) >= 11 is 0. The van der Waals surface area contributed by atoms with Gasteiger partial charge in [-0.05, 0) is 44.0 Å². The first-order valence-corrected chi connectivity index (χ1v) is 6.62. The van der Waals surface area contributed by atoms with Crippen LogP contribution in [-0.4, -0.2) is 24.2 Å². The molecule has 4 nitrogen and oxygen atoms in total. The molecule has 0 saturated heterocycles. The van der Waals surface area contributed by atoms with Crippen LogP contribution < -0.4 is 10.1 Å². The maximum absolute atomic E-state index is 11.6. The van der Waals surface area contributed by atoms with Crippen LogP contribution in [0.2, 0.25) is 0 Å². The molecule has 19 heavy (non-hydrogen) atoms. The van der Waals surface area contributed by atoms with E-state index in [0.717, 1.165) is 11.3 Å². The lowest BCUT2D eigenvalue weighted by molar-refractivity contribution is -0.144. The van der Waals surface area contributed by atoms with Gasteiger partial charge in [0.2, 0.25) is 0 Å². The summed E-state index contributed by atoms with van der Waals surface area (Å²) in [4.78, 5) is 11.6. The SMILES string of the molecule is CCOc1ccc(C(C)(NCC(C)C)C(=O)O)cc1. The zero-order chi connectivity index (χ0) is 14.5. The van der Waals surface area contributed by atoms with Crippen molar-refractivity contribution < 1.29 is 14.6 Å². The number of aliphatic carboxylic acids is 1. The lowest BCUT2D eigenvalue weighted by atomic mass is 9.91. The minimum absolute atomic E-state index is 0.390. The molecule has 0 spiro atoms. The van der Waals surface area contributed by atoms with Gasteiger partial charge in [0.1, 0.15) is 11.3 Å². The van der Waals surface area contributed by atoms with Gasteiger partial charge >= 0.3 is 5.97 Å². The third-order valence-corrected chi connectivity index (χ3v) is 3.03. The zero-order valence-electron chi connectivity index (χ0n) is 12.1. The number of benzene rings is 1. The summed E-state index contributed by atoms with van der Waals surface area (Å²) in [5.74, 6) is 0.265. The lowest BCUT2D eigenvalue weighted by Crippen LogP contribution is -2.48. The van der Waals surface area contributed by atoms with Crippen LogP contribution in [0.25, 0.3) is 0 Å². The van der Waals surface area contributed by atoms with Gasteiger partial charge in [0.05, 0.1) is 6.61 Å². The second-order valence-corrected chi connectivity index (χ2v) is 5.16. The Morgan fingerprint density at radius 3 is 2.37 bits per heavy atom.